The summed E-state index contributed by atoms with van der Waals surface area (Å²) in [6, 6.07) is 3.99. The molecule has 84 valence electrons. The molecular formula is C10H12F3NO. The van der Waals surface area contributed by atoms with E-state index in [-0.39, 0.29) is 5.75 Å². The molecule has 0 aliphatic rings. The number of halogens is 3. The average Bonchev–Trinajstić information content (AvgIpc) is 2.16. The summed E-state index contributed by atoms with van der Waals surface area (Å²) in [5.74, 6) is -0.112. The zero-order valence-corrected chi connectivity index (χ0v) is 8.48. The Morgan fingerprint density at radius 2 is 2.00 bits per heavy atom. The molecule has 1 rings (SSSR count). The van der Waals surface area contributed by atoms with Crippen molar-refractivity contribution < 1.29 is 17.9 Å². The van der Waals surface area contributed by atoms with Crippen LogP contribution in [-0.2, 0) is 12.7 Å². The highest BCUT2D eigenvalue weighted by molar-refractivity contribution is 5.43. The molecule has 0 atom stereocenters. The number of rotatable bonds is 3. The number of ether oxygens (including phenoxy) is 1. The van der Waals surface area contributed by atoms with Crippen molar-refractivity contribution in [1.29, 1.82) is 0 Å². The molecule has 2 nitrogen and oxygen atoms in total. The largest absolute Gasteiger partial charge is 0.496 e. The number of hydrogen-bond acceptors (Lipinski definition) is 2. The van der Waals surface area contributed by atoms with Crippen LogP contribution in [0.15, 0.2) is 18.2 Å². The Morgan fingerprint density at radius 1 is 1.33 bits per heavy atom. The summed E-state index contributed by atoms with van der Waals surface area (Å²) in [4.78, 5) is 0. The van der Waals surface area contributed by atoms with Crippen molar-refractivity contribution in [2.75, 3.05) is 14.2 Å². The number of para-hydroxylation sites is 1. The fourth-order valence-electron chi connectivity index (χ4n) is 1.38. The van der Waals surface area contributed by atoms with Crippen molar-refractivity contribution in [2.24, 2.45) is 0 Å². The van der Waals surface area contributed by atoms with Crippen LogP contribution in [-0.4, -0.2) is 14.2 Å². The Hall–Kier alpha value is -1.23. The van der Waals surface area contributed by atoms with E-state index in [4.69, 9.17) is 4.74 Å². The van der Waals surface area contributed by atoms with Crippen LogP contribution in [0.5, 0.6) is 5.75 Å². The van der Waals surface area contributed by atoms with Crippen LogP contribution >= 0.6 is 0 Å². The van der Waals surface area contributed by atoms with Crippen LogP contribution < -0.4 is 10.1 Å². The fraction of sp³-hybridized carbons (Fsp3) is 0.400. The van der Waals surface area contributed by atoms with Gasteiger partial charge in [-0.1, -0.05) is 12.1 Å². The maximum absolute atomic E-state index is 12.6. The maximum atomic E-state index is 12.6. The first-order valence-electron chi connectivity index (χ1n) is 4.38. The second-order valence-electron chi connectivity index (χ2n) is 3.03. The molecule has 15 heavy (non-hydrogen) atoms. The predicted molar refractivity (Wildman–Crippen MR) is 50.8 cm³/mol. The molecular weight excluding hydrogens is 207 g/mol. The Kier molecular flexibility index (Phi) is 3.57. The smallest absolute Gasteiger partial charge is 0.419 e. The van der Waals surface area contributed by atoms with Gasteiger partial charge in [0.1, 0.15) is 5.75 Å². The topological polar surface area (TPSA) is 21.3 Å². The number of benzene rings is 1. The first-order valence-corrected chi connectivity index (χ1v) is 4.38. The van der Waals surface area contributed by atoms with Crippen molar-refractivity contribution >= 4 is 0 Å². The van der Waals surface area contributed by atoms with Gasteiger partial charge in [-0.25, -0.2) is 0 Å². The highest BCUT2D eigenvalue weighted by Crippen LogP contribution is 2.37. The summed E-state index contributed by atoms with van der Waals surface area (Å²) in [7, 11) is 2.91. The van der Waals surface area contributed by atoms with Gasteiger partial charge in [-0.2, -0.15) is 13.2 Å². The third kappa shape index (κ3) is 2.62. The van der Waals surface area contributed by atoms with Crippen molar-refractivity contribution in [2.45, 2.75) is 12.7 Å². The van der Waals surface area contributed by atoms with E-state index in [0.717, 1.165) is 6.07 Å². The first kappa shape index (κ1) is 11.8. The molecule has 0 spiro atoms. The third-order valence-corrected chi connectivity index (χ3v) is 1.97. The SMILES string of the molecule is CNCc1cccc(C(F)(F)F)c1OC. The molecule has 0 fully saturated rings. The fourth-order valence-corrected chi connectivity index (χ4v) is 1.38. The van der Waals surface area contributed by atoms with Gasteiger partial charge in [0.2, 0.25) is 0 Å². The van der Waals surface area contributed by atoms with Gasteiger partial charge in [0, 0.05) is 12.1 Å². The van der Waals surface area contributed by atoms with Gasteiger partial charge in [-0.15, -0.1) is 0 Å². The molecule has 0 unspecified atom stereocenters. The minimum atomic E-state index is -4.38. The quantitative estimate of drug-likeness (QED) is 0.843. The minimum absolute atomic E-state index is 0.112. The molecule has 0 bridgehead atoms. The summed E-state index contributed by atoms with van der Waals surface area (Å²) in [6.07, 6.45) is -4.38. The first-order chi connectivity index (χ1) is 7.00. The van der Waals surface area contributed by atoms with E-state index in [0.29, 0.717) is 12.1 Å². The molecule has 0 aromatic heterocycles. The molecule has 0 amide bonds. The van der Waals surface area contributed by atoms with Crippen molar-refractivity contribution in [3.05, 3.63) is 29.3 Å². The molecule has 5 heteroatoms. The zero-order valence-electron chi connectivity index (χ0n) is 8.48. The third-order valence-electron chi connectivity index (χ3n) is 1.97. The van der Waals surface area contributed by atoms with E-state index in [9.17, 15) is 13.2 Å². The van der Waals surface area contributed by atoms with Crippen LogP contribution in [0.3, 0.4) is 0 Å². The highest BCUT2D eigenvalue weighted by Gasteiger charge is 2.34. The van der Waals surface area contributed by atoms with Crippen LogP contribution in [0.1, 0.15) is 11.1 Å². The number of nitrogens with one attached hydrogen (secondary N) is 1. The molecule has 0 radical (unpaired) electrons. The van der Waals surface area contributed by atoms with Gasteiger partial charge in [-0.3, -0.25) is 0 Å². The van der Waals surface area contributed by atoms with Crippen LogP contribution in [0, 0.1) is 0 Å². The second-order valence-corrected chi connectivity index (χ2v) is 3.03. The van der Waals surface area contributed by atoms with Gasteiger partial charge in [0.05, 0.1) is 12.7 Å². The standard InChI is InChI=1S/C10H12F3NO/c1-14-6-7-4-3-5-8(9(7)15-2)10(11,12)13/h3-5,14H,6H2,1-2H3. The average molecular weight is 219 g/mol. The molecule has 1 aromatic carbocycles. The molecule has 0 saturated heterocycles. The van der Waals surface area contributed by atoms with Crippen molar-refractivity contribution in [3.8, 4) is 5.75 Å². The van der Waals surface area contributed by atoms with E-state index in [1.807, 2.05) is 0 Å². The van der Waals surface area contributed by atoms with Gasteiger partial charge in [0.15, 0.2) is 0 Å². The Balaban J connectivity index is 3.22. The number of methoxy groups -OCH3 is 1. The van der Waals surface area contributed by atoms with Crippen molar-refractivity contribution in [1.82, 2.24) is 5.32 Å². The monoisotopic (exact) mass is 219 g/mol. The Morgan fingerprint density at radius 3 is 2.47 bits per heavy atom. The number of alkyl halides is 3. The summed E-state index contributed by atoms with van der Waals surface area (Å²) < 4.78 is 42.5. The Labute approximate surface area is 86.1 Å². The molecule has 0 aliphatic heterocycles. The van der Waals surface area contributed by atoms with Gasteiger partial charge in [0.25, 0.3) is 0 Å². The maximum Gasteiger partial charge on any atom is 0.419 e. The lowest BCUT2D eigenvalue weighted by atomic mass is 10.1. The zero-order chi connectivity index (χ0) is 11.5. The molecule has 1 aromatic rings. The lowest BCUT2D eigenvalue weighted by Gasteiger charge is -2.15. The van der Waals surface area contributed by atoms with E-state index < -0.39 is 11.7 Å². The van der Waals surface area contributed by atoms with Crippen LogP contribution in [0.25, 0.3) is 0 Å². The van der Waals surface area contributed by atoms with Gasteiger partial charge >= 0.3 is 6.18 Å². The van der Waals surface area contributed by atoms with E-state index in [1.165, 1.54) is 13.2 Å². The molecule has 0 heterocycles. The highest BCUT2D eigenvalue weighted by atomic mass is 19.4. The summed E-state index contributed by atoms with van der Waals surface area (Å²) in [5.41, 5.74) is -0.243. The lowest BCUT2D eigenvalue weighted by molar-refractivity contribution is -0.138. The van der Waals surface area contributed by atoms with E-state index in [1.54, 1.807) is 13.1 Å². The molecule has 0 aliphatic carbocycles. The van der Waals surface area contributed by atoms with Crippen LogP contribution in [0.4, 0.5) is 13.2 Å². The lowest BCUT2D eigenvalue weighted by Crippen LogP contribution is -2.12. The summed E-state index contributed by atoms with van der Waals surface area (Å²) in [5, 5.41) is 2.79. The van der Waals surface area contributed by atoms with Gasteiger partial charge < -0.3 is 10.1 Å². The Bertz CT molecular complexity index is 336. The summed E-state index contributed by atoms with van der Waals surface area (Å²) in [6.45, 7) is 0.340. The molecule has 1 N–H and O–H groups in total. The number of hydrogen-bond donors (Lipinski definition) is 1. The van der Waals surface area contributed by atoms with E-state index in [2.05, 4.69) is 5.32 Å². The van der Waals surface area contributed by atoms with E-state index >= 15 is 0 Å². The van der Waals surface area contributed by atoms with Crippen molar-refractivity contribution in [3.63, 3.8) is 0 Å². The van der Waals surface area contributed by atoms with Gasteiger partial charge in [-0.05, 0) is 13.1 Å². The molecule has 0 saturated carbocycles. The normalized spacial score (nSPS) is 11.5. The predicted octanol–water partition coefficient (Wildman–Crippen LogP) is 2.43. The summed E-state index contributed by atoms with van der Waals surface area (Å²) >= 11 is 0. The minimum Gasteiger partial charge on any atom is -0.496 e. The van der Waals surface area contributed by atoms with Crippen LogP contribution in [0.2, 0.25) is 0 Å². The second kappa shape index (κ2) is 4.53.